The summed E-state index contributed by atoms with van der Waals surface area (Å²) in [5.74, 6) is -1.84. The molecule has 8 heteroatoms. The third-order valence-corrected chi connectivity index (χ3v) is 3.62. The lowest BCUT2D eigenvalue weighted by molar-refractivity contribution is -0.184. The predicted octanol–water partition coefficient (Wildman–Crippen LogP) is 1.59. The largest absolute Gasteiger partial charge is 0.471 e. The molecule has 0 spiro atoms. The average Bonchev–Trinajstić information content (AvgIpc) is 2.92. The molecule has 0 radical (unpaired) electrons. The summed E-state index contributed by atoms with van der Waals surface area (Å²) in [6.45, 7) is 5.62. The van der Waals surface area contributed by atoms with Gasteiger partial charge in [0.25, 0.3) is 0 Å². The monoisotopic (exact) mass is 304 g/mol. The van der Waals surface area contributed by atoms with E-state index in [4.69, 9.17) is 5.73 Å². The van der Waals surface area contributed by atoms with Crippen molar-refractivity contribution in [3.8, 4) is 0 Å². The fourth-order valence-electron chi connectivity index (χ4n) is 2.61. The number of aromatic nitrogens is 2. The van der Waals surface area contributed by atoms with Crippen molar-refractivity contribution in [1.29, 1.82) is 0 Å². The molecule has 1 aromatic rings. The summed E-state index contributed by atoms with van der Waals surface area (Å²) in [5.41, 5.74) is 5.57. The normalized spacial score (nSPS) is 23.7. The molecular formula is C13H19F3N4O. The van der Waals surface area contributed by atoms with E-state index in [0.29, 0.717) is 5.69 Å². The molecule has 118 valence electrons. The van der Waals surface area contributed by atoms with Crippen molar-refractivity contribution in [2.24, 2.45) is 5.73 Å². The highest BCUT2D eigenvalue weighted by Crippen LogP contribution is 2.33. The van der Waals surface area contributed by atoms with Crippen LogP contribution in [0.25, 0.3) is 0 Å². The van der Waals surface area contributed by atoms with E-state index in [2.05, 4.69) is 5.10 Å². The number of alkyl halides is 3. The van der Waals surface area contributed by atoms with Crippen LogP contribution in [-0.4, -0.2) is 39.9 Å². The smallest absolute Gasteiger partial charge is 0.333 e. The topological polar surface area (TPSA) is 64.2 Å². The number of halogens is 3. The summed E-state index contributed by atoms with van der Waals surface area (Å²) in [6, 6.07) is 1.70. The summed E-state index contributed by atoms with van der Waals surface area (Å²) in [7, 11) is 0. The van der Waals surface area contributed by atoms with E-state index in [1.165, 1.54) is 0 Å². The van der Waals surface area contributed by atoms with Gasteiger partial charge in [-0.1, -0.05) is 0 Å². The van der Waals surface area contributed by atoms with Crippen LogP contribution in [0.4, 0.5) is 13.2 Å². The lowest BCUT2D eigenvalue weighted by Gasteiger charge is -2.31. The average molecular weight is 304 g/mol. The molecule has 1 atom stereocenters. The van der Waals surface area contributed by atoms with Crippen LogP contribution in [0, 0.1) is 0 Å². The van der Waals surface area contributed by atoms with Crippen molar-refractivity contribution in [2.75, 3.05) is 13.1 Å². The van der Waals surface area contributed by atoms with Crippen molar-refractivity contribution in [3.05, 3.63) is 18.0 Å². The number of carbonyl (C=O) groups excluding carboxylic acids is 1. The maximum Gasteiger partial charge on any atom is 0.471 e. The number of nitrogens with two attached hydrogens (primary N) is 1. The van der Waals surface area contributed by atoms with Gasteiger partial charge >= 0.3 is 12.1 Å². The van der Waals surface area contributed by atoms with Gasteiger partial charge in [0, 0.05) is 19.3 Å². The van der Waals surface area contributed by atoms with Gasteiger partial charge in [-0.15, -0.1) is 0 Å². The van der Waals surface area contributed by atoms with Gasteiger partial charge in [0.05, 0.1) is 16.8 Å². The summed E-state index contributed by atoms with van der Waals surface area (Å²) in [4.78, 5) is 12.1. The van der Waals surface area contributed by atoms with Crippen molar-refractivity contribution in [3.63, 3.8) is 0 Å². The Morgan fingerprint density at radius 2 is 2.00 bits per heavy atom. The van der Waals surface area contributed by atoms with Crippen LogP contribution < -0.4 is 5.73 Å². The van der Waals surface area contributed by atoms with Crippen LogP contribution >= 0.6 is 0 Å². The van der Waals surface area contributed by atoms with Crippen LogP contribution in [0.1, 0.15) is 32.9 Å². The summed E-state index contributed by atoms with van der Waals surface area (Å²) >= 11 is 0. The minimum atomic E-state index is -4.87. The van der Waals surface area contributed by atoms with Gasteiger partial charge in [-0.3, -0.25) is 9.48 Å². The summed E-state index contributed by atoms with van der Waals surface area (Å²) in [6.07, 6.45) is -3.02. The Kier molecular flexibility index (Phi) is 3.56. The molecule has 1 aromatic heterocycles. The summed E-state index contributed by atoms with van der Waals surface area (Å²) < 4.78 is 39.2. The van der Waals surface area contributed by atoms with Crippen LogP contribution in [0.15, 0.2) is 12.3 Å². The third kappa shape index (κ3) is 2.90. The fraction of sp³-hybridized carbons (Fsp3) is 0.692. The first-order chi connectivity index (χ1) is 9.45. The standard InChI is InChI=1S/C13H19F3N4O/c1-11(2,3)20-9(4-6-18-20)12(17)5-7-19(8-12)10(21)13(14,15)16/h4,6H,5,7-8,17H2,1-3H3. The minimum absolute atomic E-state index is 0.00976. The first-order valence-electron chi connectivity index (χ1n) is 6.65. The van der Waals surface area contributed by atoms with E-state index < -0.39 is 17.6 Å². The van der Waals surface area contributed by atoms with Gasteiger partial charge in [-0.2, -0.15) is 18.3 Å². The van der Waals surface area contributed by atoms with Gasteiger partial charge in [0.2, 0.25) is 0 Å². The molecule has 2 N–H and O–H groups in total. The van der Waals surface area contributed by atoms with Crippen molar-refractivity contribution in [1.82, 2.24) is 14.7 Å². The Bertz CT molecular complexity index is 546. The molecule has 1 saturated heterocycles. The SMILES string of the molecule is CC(C)(C)n1nccc1C1(N)CCN(C(=O)C(F)(F)F)C1. The second-order valence-electron chi connectivity index (χ2n) is 6.43. The van der Waals surface area contributed by atoms with Crippen molar-refractivity contribution < 1.29 is 18.0 Å². The zero-order valence-corrected chi connectivity index (χ0v) is 12.2. The second-order valence-corrected chi connectivity index (χ2v) is 6.43. The van der Waals surface area contributed by atoms with E-state index in [1.54, 1.807) is 16.9 Å². The van der Waals surface area contributed by atoms with E-state index in [1.807, 2.05) is 20.8 Å². The summed E-state index contributed by atoms with van der Waals surface area (Å²) in [5, 5.41) is 4.21. The van der Waals surface area contributed by atoms with E-state index in [0.717, 1.165) is 4.90 Å². The van der Waals surface area contributed by atoms with Gasteiger partial charge < -0.3 is 10.6 Å². The van der Waals surface area contributed by atoms with Crippen LogP contribution in [0.5, 0.6) is 0 Å². The van der Waals surface area contributed by atoms with Crippen LogP contribution in [0.2, 0.25) is 0 Å². The predicted molar refractivity (Wildman–Crippen MR) is 70.3 cm³/mol. The molecular weight excluding hydrogens is 285 g/mol. The molecule has 2 rings (SSSR count). The Labute approximate surface area is 120 Å². The first kappa shape index (κ1) is 15.8. The van der Waals surface area contributed by atoms with Crippen LogP contribution in [-0.2, 0) is 15.9 Å². The molecule has 0 bridgehead atoms. The lowest BCUT2D eigenvalue weighted by Crippen LogP contribution is -2.47. The Hall–Kier alpha value is -1.57. The van der Waals surface area contributed by atoms with Gasteiger partial charge in [0.1, 0.15) is 0 Å². The Morgan fingerprint density at radius 3 is 2.52 bits per heavy atom. The lowest BCUT2D eigenvalue weighted by atomic mass is 9.94. The number of carbonyl (C=O) groups is 1. The van der Waals surface area contributed by atoms with Crippen LogP contribution in [0.3, 0.4) is 0 Å². The quantitative estimate of drug-likeness (QED) is 0.857. The molecule has 0 aliphatic carbocycles. The fourth-order valence-corrected chi connectivity index (χ4v) is 2.61. The second kappa shape index (κ2) is 4.72. The van der Waals surface area contributed by atoms with Gasteiger partial charge in [0.15, 0.2) is 0 Å². The molecule has 1 amide bonds. The van der Waals surface area contributed by atoms with E-state index >= 15 is 0 Å². The minimum Gasteiger partial charge on any atom is -0.333 e. The van der Waals surface area contributed by atoms with E-state index in [-0.39, 0.29) is 25.0 Å². The Balaban J connectivity index is 2.27. The molecule has 1 aliphatic rings. The molecule has 1 unspecified atom stereocenters. The van der Waals surface area contributed by atoms with Crippen molar-refractivity contribution >= 4 is 5.91 Å². The Morgan fingerprint density at radius 1 is 1.38 bits per heavy atom. The highest BCUT2D eigenvalue weighted by atomic mass is 19.4. The number of rotatable bonds is 1. The first-order valence-corrected chi connectivity index (χ1v) is 6.65. The maximum atomic E-state index is 12.5. The molecule has 0 saturated carbocycles. The van der Waals surface area contributed by atoms with Gasteiger partial charge in [-0.05, 0) is 33.3 Å². The maximum absolute atomic E-state index is 12.5. The highest BCUT2D eigenvalue weighted by Gasteiger charge is 2.49. The number of hydrogen-bond donors (Lipinski definition) is 1. The molecule has 1 aliphatic heterocycles. The third-order valence-electron chi connectivity index (χ3n) is 3.62. The molecule has 2 heterocycles. The number of likely N-dealkylation sites (tertiary alicyclic amines) is 1. The molecule has 0 aromatic carbocycles. The molecule has 5 nitrogen and oxygen atoms in total. The number of hydrogen-bond acceptors (Lipinski definition) is 3. The zero-order valence-electron chi connectivity index (χ0n) is 12.2. The van der Waals surface area contributed by atoms with E-state index in [9.17, 15) is 18.0 Å². The number of amides is 1. The molecule has 21 heavy (non-hydrogen) atoms. The van der Waals surface area contributed by atoms with Gasteiger partial charge in [-0.25, -0.2) is 0 Å². The zero-order chi connectivity index (χ0) is 16.1. The number of nitrogens with zero attached hydrogens (tertiary/aromatic N) is 3. The highest BCUT2D eigenvalue weighted by molar-refractivity contribution is 5.82. The van der Waals surface area contributed by atoms with Crippen molar-refractivity contribution in [2.45, 2.75) is 44.4 Å². The molecule has 1 fully saturated rings.